The summed E-state index contributed by atoms with van der Waals surface area (Å²) in [4.78, 5) is 33.1. The standard InChI is InChI=1S/C26H35N5O2/c1-26(2)16-7-6-15(20(26)10-16)13-28-24(32)22-4-3-5-23-29-21(14-30(22)23)25(33)31-18-8-9-19(31)12-17(27)11-18/h3-5,14-20H,6-13,27H2,1-2H3,(H,28,32)/t15-,16-,17?,18?,19?,20-/m0/s1. The Bertz CT molecular complexity index is 1090. The predicted molar refractivity (Wildman–Crippen MR) is 126 cm³/mol. The summed E-state index contributed by atoms with van der Waals surface area (Å²) in [5, 5.41) is 3.19. The second-order valence-electron chi connectivity index (χ2n) is 11.5. The number of nitrogens with zero attached hydrogens (tertiary/aromatic N) is 3. The van der Waals surface area contributed by atoms with Crippen molar-refractivity contribution in [2.45, 2.75) is 76.9 Å². The molecule has 7 nitrogen and oxygen atoms in total. The van der Waals surface area contributed by atoms with Crippen LogP contribution in [0.4, 0.5) is 0 Å². The molecular weight excluding hydrogens is 414 g/mol. The van der Waals surface area contributed by atoms with Gasteiger partial charge in [-0.05, 0) is 80.2 Å². The molecule has 3 N–H and O–H groups in total. The molecule has 7 heteroatoms. The molecule has 0 radical (unpaired) electrons. The molecular formula is C26H35N5O2. The number of imidazole rings is 1. The van der Waals surface area contributed by atoms with Crippen LogP contribution in [0, 0.1) is 23.2 Å². The van der Waals surface area contributed by atoms with Crippen LogP contribution in [-0.4, -0.2) is 50.8 Å². The second kappa shape index (κ2) is 7.55. The molecule has 2 unspecified atom stereocenters. The Morgan fingerprint density at radius 1 is 1.12 bits per heavy atom. The molecule has 5 fully saturated rings. The van der Waals surface area contributed by atoms with Crippen LogP contribution in [0.2, 0.25) is 0 Å². The average molecular weight is 450 g/mol. The Morgan fingerprint density at radius 3 is 2.58 bits per heavy atom. The van der Waals surface area contributed by atoms with Gasteiger partial charge in [-0.1, -0.05) is 19.9 Å². The molecule has 5 aliphatic rings. The van der Waals surface area contributed by atoms with Crippen molar-refractivity contribution in [1.82, 2.24) is 19.6 Å². The summed E-state index contributed by atoms with van der Waals surface area (Å²) < 4.78 is 1.77. The summed E-state index contributed by atoms with van der Waals surface area (Å²) in [6.07, 6.45) is 9.28. The lowest BCUT2D eigenvalue weighted by Gasteiger charge is -2.60. The SMILES string of the molecule is CC1(C)[C@H]2CC[C@@H](CNC(=O)c3cccc4nc(C(=O)N5C6CCC5CC(N)C6)cn34)[C@@H]1C2. The lowest BCUT2D eigenvalue weighted by Crippen LogP contribution is -2.54. The van der Waals surface area contributed by atoms with Gasteiger partial charge in [0, 0.05) is 30.9 Å². The van der Waals surface area contributed by atoms with E-state index in [2.05, 4.69) is 24.1 Å². The molecule has 176 valence electrons. The van der Waals surface area contributed by atoms with Crippen molar-refractivity contribution in [1.29, 1.82) is 0 Å². The van der Waals surface area contributed by atoms with E-state index in [1.54, 1.807) is 10.6 Å². The zero-order chi connectivity index (χ0) is 22.9. The minimum absolute atomic E-state index is 0.0339. The topological polar surface area (TPSA) is 92.7 Å². The zero-order valence-electron chi connectivity index (χ0n) is 19.7. The van der Waals surface area contributed by atoms with E-state index >= 15 is 0 Å². The smallest absolute Gasteiger partial charge is 0.274 e. The molecule has 2 aromatic heterocycles. The van der Waals surface area contributed by atoms with Gasteiger partial charge in [0.25, 0.3) is 11.8 Å². The van der Waals surface area contributed by atoms with E-state index in [1.165, 1.54) is 19.3 Å². The molecule has 3 aliphatic carbocycles. The van der Waals surface area contributed by atoms with Crippen LogP contribution in [0.5, 0.6) is 0 Å². The monoisotopic (exact) mass is 449 g/mol. The van der Waals surface area contributed by atoms with Crippen molar-refractivity contribution < 1.29 is 9.59 Å². The molecule has 4 bridgehead atoms. The van der Waals surface area contributed by atoms with Crippen LogP contribution >= 0.6 is 0 Å². The normalized spacial score (nSPS) is 34.2. The van der Waals surface area contributed by atoms with Gasteiger partial charge in [-0.15, -0.1) is 0 Å². The van der Waals surface area contributed by atoms with E-state index < -0.39 is 0 Å². The summed E-state index contributed by atoms with van der Waals surface area (Å²) in [7, 11) is 0. The fraction of sp³-hybridized carbons (Fsp3) is 0.654. The Kier molecular flexibility index (Phi) is 4.84. The van der Waals surface area contributed by atoms with E-state index in [0.717, 1.165) is 31.6 Å². The lowest BCUT2D eigenvalue weighted by atomic mass is 9.45. The number of rotatable bonds is 4. The number of pyridine rings is 1. The van der Waals surface area contributed by atoms with Gasteiger partial charge in [-0.25, -0.2) is 4.98 Å². The van der Waals surface area contributed by atoms with E-state index in [4.69, 9.17) is 5.73 Å². The maximum absolute atomic E-state index is 13.4. The Balaban J connectivity index is 1.19. The summed E-state index contributed by atoms with van der Waals surface area (Å²) in [5.41, 5.74) is 8.16. The number of aromatic nitrogens is 2. The molecule has 4 heterocycles. The first kappa shape index (κ1) is 21.1. The number of nitrogens with one attached hydrogen (secondary N) is 1. The summed E-state index contributed by atoms with van der Waals surface area (Å²) in [6.45, 7) is 5.48. The van der Waals surface area contributed by atoms with Crippen LogP contribution in [0.15, 0.2) is 24.4 Å². The Hall–Kier alpha value is -2.41. The number of carbonyl (C=O) groups is 2. The van der Waals surface area contributed by atoms with Gasteiger partial charge in [-0.2, -0.15) is 0 Å². The van der Waals surface area contributed by atoms with Crippen LogP contribution in [0.25, 0.3) is 5.65 Å². The molecule has 3 saturated carbocycles. The minimum atomic E-state index is -0.0970. The number of piperidine rings is 1. The van der Waals surface area contributed by atoms with Gasteiger partial charge < -0.3 is 16.0 Å². The van der Waals surface area contributed by atoms with Gasteiger partial charge in [0.1, 0.15) is 17.0 Å². The van der Waals surface area contributed by atoms with Gasteiger partial charge in [0.15, 0.2) is 0 Å². The first-order chi connectivity index (χ1) is 15.8. The summed E-state index contributed by atoms with van der Waals surface area (Å²) in [5.74, 6) is 1.98. The highest BCUT2D eigenvalue weighted by atomic mass is 16.2. The zero-order valence-corrected chi connectivity index (χ0v) is 19.7. The number of amides is 2. The molecule has 5 atom stereocenters. The number of hydrogen-bond donors (Lipinski definition) is 2. The largest absolute Gasteiger partial charge is 0.350 e. The quantitative estimate of drug-likeness (QED) is 0.750. The van der Waals surface area contributed by atoms with Gasteiger partial charge in [0.05, 0.1) is 0 Å². The molecule has 2 amide bonds. The summed E-state index contributed by atoms with van der Waals surface area (Å²) >= 11 is 0. The third kappa shape index (κ3) is 3.30. The van der Waals surface area contributed by atoms with Gasteiger partial charge in [0.2, 0.25) is 0 Å². The first-order valence-electron chi connectivity index (χ1n) is 12.7. The summed E-state index contributed by atoms with van der Waals surface area (Å²) in [6, 6.07) is 6.12. The second-order valence-corrected chi connectivity index (χ2v) is 11.5. The Morgan fingerprint density at radius 2 is 1.88 bits per heavy atom. The fourth-order valence-electron chi connectivity index (χ4n) is 7.50. The highest BCUT2D eigenvalue weighted by molar-refractivity contribution is 5.96. The van der Waals surface area contributed by atoms with E-state index in [1.807, 2.05) is 23.1 Å². The molecule has 2 saturated heterocycles. The maximum Gasteiger partial charge on any atom is 0.274 e. The van der Waals surface area contributed by atoms with Gasteiger partial charge >= 0.3 is 0 Å². The number of fused-ring (bicyclic) bond motifs is 5. The van der Waals surface area contributed by atoms with Crippen LogP contribution in [0.1, 0.15) is 79.8 Å². The van der Waals surface area contributed by atoms with E-state index in [9.17, 15) is 9.59 Å². The third-order valence-corrected chi connectivity index (χ3v) is 9.47. The average Bonchev–Trinajstić information content (AvgIpc) is 3.36. The molecule has 0 aromatic carbocycles. The minimum Gasteiger partial charge on any atom is -0.350 e. The van der Waals surface area contributed by atoms with E-state index in [0.29, 0.717) is 40.8 Å². The van der Waals surface area contributed by atoms with Crippen LogP contribution < -0.4 is 11.1 Å². The molecule has 2 aliphatic heterocycles. The number of hydrogen-bond acceptors (Lipinski definition) is 4. The van der Waals surface area contributed by atoms with Crippen LogP contribution in [-0.2, 0) is 0 Å². The molecule has 0 spiro atoms. The third-order valence-electron chi connectivity index (χ3n) is 9.47. The molecule has 33 heavy (non-hydrogen) atoms. The Labute approximate surface area is 195 Å². The number of carbonyl (C=O) groups excluding carboxylic acids is 2. The van der Waals surface area contributed by atoms with Crippen molar-refractivity contribution in [2.75, 3.05) is 6.54 Å². The molecule has 2 aromatic rings. The van der Waals surface area contributed by atoms with Crippen molar-refractivity contribution >= 4 is 17.5 Å². The van der Waals surface area contributed by atoms with Crippen molar-refractivity contribution in [3.05, 3.63) is 35.8 Å². The van der Waals surface area contributed by atoms with Crippen molar-refractivity contribution in [3.63, 3.8) is 0 Å². The van der Waals surface area contributed by atoms with Crippen molar-refractivity contribution in [2.24, 2.45) is 28.9 Å². The number of nitrogens with two attached hydrogens (primary N) is 1. The highest BCUT2D eigenvalue weighted by Crippen LogP contribution is 2.61. The molecule has 7 rings (SSSR count). The van der Waals surface area contributed by atoms with Gasteiger partial charge in [-0.3, -0.25) is 14.0 Å². The first-order valence-corrected chi connectivity index (χ1v) is 12.7. The van der Waals surface area contributed by atoms with Crippen LogP contribution in [0.3, 0.4) is 0 Å². The lowest BCUT2D eigenvalue weighted by molar-refractivity contribution is -0.103. The highest BCUT2D eigenvalue weighted by Gasteiger charge is 2.54. The predicted octanol–water partition coefficient (Wildman–Crippen LogP) is 3.23. The fourth-order valence-corrected chi connectivity index (χ4v) is 7.50. The van der Waals surface area contributed by atoms with Crippen molar-refractivity contribution in [3.8, 4) is 0 Å². The van der Waals surface area contributed by atoms with E-state index in [-0.39, 0.29) is 29.9 Å². The maximum atomic E-state index is 13.4.